The molecule has 0 aliphatic heterocycles. The van der Waals surface area contributed by atoms with Gasteiger partial charge in [0, 0.05) is 44.9 Å². The van der Waals surface area contributed by atoms with Crippen LogP contribution >= 0.6 is 0 Å². The maximum atomic E-state index is 13.3. The Balaban J connectivity index is 1.65. The van der Waals surface area contributed by atoms with Crippen LogP contribution in [0, 0.1) is 11.3 Å². The SMILES string of the molecule is CN(C)c1nc(N(C)[C@H]2CC[C@@H](NC(=O)c3cccc(C#N)c3)CC2)cc(C(F)(F)F)n1. The Bertz CT molecular complexity index is 1010. The van der Waals surface area contributed by atoms with Crippen LogP contribution in [0.4, 0.5) is 24.9 Å². The molecule has 1 saturated carbocycles. The second-order valence-corrected chi connectivity index (χ2v) is 8.09. The third-order valence-electron chi connectivity index (χ3n) is 5.59. The lowest BCUT2D eigenvalue weighted by Gasteiger charge is -2.36. The van der Waals surface area contributed by atoms with Crippen molar-refractivity contribution in [2.24, 2.45) is 0 Å². The first-order valence-corrected chi connectivity index (χ1v) is 10.3. The number of nitrogens with one attached hydrogen (secondary N) is 1. The summed E-state index contributed by atoms with van der Waals surface area (Å²) in [5.41, 5.74) is -0.123. The number of carbonyl (C=O) groups is 1. The topological polar surface area (TPSA) is 85.2 Å². The highest BCUT2D eigenvalue weighted by atomic mass is 19.4. The Morgan fingerprint density at radius 3 is 2.41 bits per heavy atom. The number of amides is 1. The van der Waals surface area contributed by atoms with Gasteiger partial charge < -0.3 is 15.1 Å². The molecule has 170 valence electrons. The van der Waals surface area contributed by atoms with Gasteiger partial charge in [0.25, 0.3) is 5.91 Å². The number of aromatic nitrogens is 2. The van der Waals surface area contributed by atoms with Gasteiger partial charge in [0.05, 0.1) is 11.6 Å². The number of benzene rings is 1. The Morgan fingerprint density at radius 1 is 1.12 bits per heavy atom. The summed E-state index contributed by atoms with van der Waals surface area (Å²) in [4.78, 5) is 23.6. The third-order valence-corrected chi connectivity index (χ3v) is 5.59. The summed E-state index contributed by atoms with van der Waals surface area (Å²) < 4.78 is 39.9. The zero-order valence-electron chi connectivity index (χ0n) is 18.1. The fourth-order valence-electron chi connectivity index (χ4n) is 3.74. The van der Waals surface area contributed by atoms with Crippen LogP contribution in [-0.4, -0.2) is 49.1 Å². The zero-order valence-corrected chi connectivity index (χ0v) is 18.1. The molecular formula is C22H25F3N6O. The fraction of sp³-hybridized carbons (Fsp3) is 0.455. The predicted molar refractivity (Wildman–Crippen MR) is 114 cm³/mol. The maximum absolute atomic E-state index is 13.3. The number of anilines is 2. The highest BCUT2D eigenvalue weighted by molar-refractivity contribution is 5.94. The van der Waals surface area contributed by atoms with E-state index in [2.05, 4.69) is 15.3 Å². The summed E-state index contributed by atoms with van der Waals surface area (Å²) in [6, 6.07) is 9.46. The van der Waals surface area contributed by atoms with Crippen molar-refractivity contribution in [2.45, 2.75) is 43.9 Å². The number of carbonyl (C=O) groups excluding carboxylic acids is 1. The largest absolute Gasteiger partial charge is 0.433 e. The number of nitrogens with zero attached hydrogens (tertiary/aromatic N) is 5. The molecule has 10 heteroatoms. The van der Waals surface area contributed by atoms with Crippen molar-refractivity contribution < 1.29 is 18.0 Å². The smallest absolute Gasteiger partial charge is 0.357 e. The first-order valence-electron chi connectivity index (χ1n) is 10.3. The van der Waals surface area contributed by atoms with Gasteiger partial charge >= 0.3 is 6.18 Å². The lowest BCUT2D eigenvalue weighted by Crippen LogP contribution is -2.43. The van der Waals surface area contributed by atoms with Crippen LogP contribution in [0.25, 0.3) is 0 Å². The first kappa shape index (κ1) is 23.3. The van der Waals surface area contributed by atoms with Gasteiger partial charge in [-0.2, -0.15) is 23.4 Å². The summed E-state index contributed by atoms with van der Waals surface area (Å²) >= 11 is 0. The van der Waals surface area contributed by atoms with Crippen LogP contribution in [0.15, 0.2) is 30.3 Å². The molecule has 1 aromatic heterocycles. The average molecular weight is 446 g/mol. The molecule has 0 radical (unpaired) electrons. The molecule has 1 aliphatic carbocycles. The van der Waals surface area contributed by atoms with E-state index >= 15 is 0 Å². The zero-order chi connectivity index (χ0) is 23.5. The monoisotopic (exact) mass is 446 g/mol. The van der Waals surface area contributed by atoms with E-state index in [1.54, 1.807) is 50.3 Å². The van der Waals surface area contributed by atoms with Crippen LogP contribution in [0.1, 0.15) is 47.3 Å². The van der Waals surface area contributed by atoms with Gasteiger partial charge in [0.1, 0.15) is 5.82 Å². The predicted octanol–water partition coefficient (Wildman–Crippen LogP) is 3.61. The Hall–Kier alpha value is -3.35. The summed E-state index contributed by atoms with van der Waals surface area (Å²) in [5.74, 6) is -0.0146. The van der Waals surface area contributed by atoms with Crippen LogP contribution in [0.2, 0.25) is 0 Å². The number of alkyl halides is 3. The van der Waals surface area contributed by atoms with Crippen LogP contribution in [0.5, 0.6) is 0 Å². The lowest BCUT2D eigenvalue weighted by atomic mass is 9.90. The van der Waals surface area contributed by atoms with E-state index in [0.717, 1.165) is 6.07 Å². The van der Waals surface area contributed by atoms with Crippen molar-refractivity contribution in [1.29, 1.82) is 5.26 Å². The van der Waals surface area contributed by atoms with Crippen molar-refractivity contribution in [2.75, 3.05) is 30.9 Å². The fourth-order valence-corrected chi connectivity index (χ4v) is 3.74. The summed E-state index contributed by atoms with van der Waals surface area (Å²) in [6.45, 7) is 0. The average Bonchev–Trinajstić information content (AvgIpc) is 2.78. The lowest BCUT2D eigenvalue weighted by molar-refractivity contribution is -0.141. The molecule has 1 N–H and O–H groups in total. The van der Waals surface area contributed by atoms with Gasteiger partial charge in [-0.15, -0.1) is 0 Å². The standard InChI is InChI=1S/C22H25F3N6O/c1-30(2)21-28-18(22(23,24)25)12-19(29-21)31(3)17-9-7-16(8-10-17)27-20(32)15-6-4-5-14(11-15)13-26/h4-6,11-12,16-17H,7-10H2,1-3H3,(H,27,32)/t16-,17+. The van der Waals surface area contributed by atoms with Gasteiger partial charge in [-0.05, 0) is 43.9 Å². The molecule has 7 nitrogen and oxygen atoms in total. The summed E-state index contributed by atoms with van der Waals surface area (Å²) in [6.07, 6.45) is -1.79. The van der Waals surface area contributed by atoms with Crippen LogP contribution in [0.3, 0.4) is 0 Å². The second-order valence-electron chi connectivity index (χ2n) is 8.09. The second kappa shape index (κ2) is 9.42. The van der Waals surface area contributed by atoms with E-state index in [4.69, 9.17) is 5.26 Å². The van der Waals surface area contributed by atoms with Gasteiger partial charge in [0.15, 0.2) is 5.69 Å². The minimum Gasteiger partial charge on any atom is -0.357 e. The first-order chi connectivity index (χ1) is 15.1. The van der Waals surface area contributed by atoms with E-state index in [9.17, 15) is 18.0 Å². The van der Waals surface area contributed by atoms with E-state index in [-0.39, 0.29) is 29.8 Å². The quantitative estimate of drug-likeness (QED) is 0.755. The molecule has 0 unspecified atom stereocenters. The molecule has 0 atom stereocenters. The van der Waals surface area contributed by atoms with Crippen molar-refractivity contribution in [3.63, 3.8) is 0 Å². The van der Waals surface area contributed by atoms with E-state index in [1.165, 1.54) is 4.90 Å². The Labute approximate surface area is 184 Å². The van der Waals surface area contributed by atoms with E-state index < -0.39 is 11.9 Å². The van der Waals surface area contributed by atoms with Gasteiger partial charge in [-0.1, -0.05) is 6.07 Å². The van der Waals surface area contributed by atoms with E-state index in [1.807, 2.05) is 6.07 Å². The van der Waals surface area contributed by atoms with Gasteiger partial charge in [-0.25, -0.2) is 4.98 Å². The molecule has 1 aromatic carbocycles. The molecule has 2 aromatic rings. The van der Waals surface area contributed by atoms with Crippen molar-refractivity contribution in [3.8, 4) is 6.07 Å². The maximum Gasteiger partial charge on any atom is 0.433 e. The molecule has 0 saturated heterocycles. The summed E-state index contributed by atoms with van der Waals surface area (Å²) in [7, 11) is 4.93. The molecule has 3 rings (SSSR count). The Kier molecular flexibility index (Phi) is 6.87. The van der Waals surface area contributed by atoms with Crippen molar-refractivity contribution in [3.05, 3.63) is 47.2 Å². The molecule has 1 heterocycles. The molecule has 0 bridgehead atoms. The van der Waals surface area contributed by atoms with E-state index in [0.29, 0.717) is 36.8 Å². The molecule has 1 fully saturated rings. The molecule has 1 amide bonds. The minimum atomic E-state index is -4.56. The minimum absolute atomic E-state index is 0.00206. The highest BCUT2D eigenvalue weighted by Gasteiger charge is 2.35. The molecule has 1 aliphatic rings. The number of hydrogen-bond acceptors (Lipinski definition) is 6. The van der Waals surface area contributed by atoms with Crippen molar-refractivity contribution in [1.82, 2.24) is 15.3 Å². The van der Waals surface area contributed by atoms with Crippen molar-refractivity contribution >= 4 is 17.7 Å². The van der Waals surface area contributed by atoms with Crippen LogP contribution in [-0.2, 0) is 6.18 Å². The number of halogens is 3. The number of nitriles is 1. The normalized spacial score (nSPS) is 18.5. The number of rotatable bonds is 5. The molecule has 0 spiro atoms. The number of hydrogen-bond donors (Lipinski definition) is 1. The Morgan fingerprint density at radius 2 is 1.81 bits per heavy atom. The van der Waals surface area contributed by atoms with Gasteiger partial charge in [-0.3, -0.25) is 4.79 Å². The molecular weight excluding hydrogens is 421 g/mol. The molecule has 32 heavy (non-hydrogen) atoms. The third kappa shape index (κ3) is 5.46. The van der Waals surface area contributed by atoms with Gasteiger partial charge in [0.2, 0.25) is 5.95 Å². The highest BCUT2D eigenvalue weighted by Crippen LogP contribution is 2.32. The van der Waals surface area contributed by atoms with Crippen LogP contribution < -0.4 is 15.1 Å². The summed E-state index contributed by atoms with van der Waals surface area (Å²) in [5, 5.41) is 12.0.